The number of nitrogens with zero attached hydrogens (tertiary/aromatic N) is 1. The molecule has 1 aliphatic heterocycles. The Morgan fingerprint density at radius 3 is 2.30 bits per heavy atom. The molecule has 1 fully saturated rings. The van der Waals surface area contributed by atoms with Crippen LogP contribution in [0.4, 0.5) is 14.5 Å². The fourth-order valence-electron chi connectivity index (χ4n) is 2.72. The van der Waals surface area contributed by atoms with Crippen LogP contribution < -0.4 is 10.6 Å². The zero-order valence-corrected chi connectivity index (χ0v) is 12.0. The Labute approximate surface area is 118 Å². The smallest absolute Gasteiger partial charge is 0.149 e. The monoisotopic (exact) mass is 284 g/mol. The van der Waals surface area contributed by atoms with Crippen molar-refractivity contribution in [3.63, 3.8) is 0 Å². The van der Waals surface area contributed by atoms with Crippen molar-refractivity contribution >= 4 is 5.69 Å². The summed E-state index contributed by atoms with van der Waals surface area (Å²) in [5.74, 6) is -1.01. The van der Waals surface area contributed by atoms with Gasteiger partial charge in [-0.3, -0.25) is 0 Å². The van der Waals surface area contributed by atoms with Crippen molar-refractivity contribution in [2.75, 3.05) is 25.1 Å². The minimum absolute atomic E-state index is 0.0768. The zero-order chi connectivity index (χ0) is 14.7. The molecule has 1 saturated heterocycles. The minimum Gasteiger partial charge on any atom is -0.381 e. The molecule has 1 heterocycles. The molecule has 112 valence electrons. The van der Waals surface area contributed by atoms with Crippen molar-refractivity contribution in [1.82, 2.24) is 0 Å². The number of nitrogens with two attached hydrogens (primary N) is 1. The van der Waals surface area contributed by atoms with Gasteiger partial charge in [0.05, 0.1) is 6.10 Å². The first-order valence-corrected chi connectivity index (χ1v) is 7.02. The third-order valence-corrected chi connectivity index (χ3v) is 3.73. The first-order valence-electron chi connectivity index (χ1n) is 7.02. The van der Waals surface area contributed by atoms with Crippen LogP contribution in [0, 0.1) is 11.6 Å². The lowest BCUT2D eigenvalue weighted by atomic mass is 10.0. The summed E-state index contributed by atoms with van der Waals surface area (Å²) in [7, 11) is 1.67. The second-order valence-corrected chi connectivity index (χ2v) is 5.51. The first-order chi connectivity index (χ1) is 9.51. The van der Waals surface area contributed by atoms with Crippen LogP contribution in [0.15, 0.2) is 12.1 Å². The predicted molar refractivity (Wildman–Crippen MR) is 76.0 cm³/mol. The molecule has 1 atom stereocenters. The number of piperidine rings is 1. The zero-order valence-electron chi connectivity index (χ0n) is 12.0. The lowest BCUT2D eigenvalue weighted by Gasteiger charge is -2.33. The van der Waals surface area contributed by atoms with Gasteiger partial charge in [0.15, 0.2) is 0 Å². The van der Waals surface area contributed by atoms with Gasteiger partial charge in [-0.05, 0) is 43.9 Å². The Bertz CT molecular complexity index is 434. The SMILES string of the molecule is COC1CCN(c2c(F)cc(CC(C)N)cc2F)CC1. The lowest BCUT2D eigenvalue weighted by molar-refractivity contribution is 0.0817. The molecule has 5 heteroatoms. The van der Waals surface area contributed by atoms with Crippen LogP contribution in [0.3, 0.4) is 0 Å². The van der Waals surface area contributed by atoms with Crippen molar-refractivity contribution in [2.24, 2.45) is 5.73 Å². The third kappa shape index (κ3) is 3.46. The third-order valence-electron chi connectivity index (χ3n) is 3.73. The normalized spacial score (nSPS) is 18.4. The summed E-state index contributed by atoms with van der Waals surface area (Å²) in [6, 6.07) is 2.67. The molecule has 1 aromatic rings. The highest BCUT2D eigenvalue weighted by molar-refractivity contribution is 5.51. The number of hydrogen-bond acceptors (Lipinski definition) is 3. The van der Waals surface area contributed by atoms with E-state index in [4.69, 9.17) is 10.5 Å². The van der Waals surface area contributed by atoms with E-state index in [1.165, 1.54) is 12.1 Å². The van der Waals surface area contributed by atoms with Crippen molar-refractivity contribution in [1.29, 1.82) is 0 Å². The van der Waals surface area contributed by atoms with E-state index >= 15 is 0 Å². The van der Waals surface area contributed by atoms with E-state index in [0.29, 0.717) is 25.1 Å². The van der Waals surface area contributed by atoms with Crippen LogP contribution in [-0.2, 0) is 11.2 Å². The topological polar surface area (TPSA) is 38.5 Å². The van der Waals surface area contributed by atoms with Gasteiger partial charge in [-0.25, -0.2) is 8.78 Å². The van der Waals surface area contributed by atoms with Gasteiger partial charge in [-0.15, -0.1) is 0 Å². The molecular weight excluding hydrogens is 262 g/mol. The van der Waals surface area contributed by atoms with Crippen LogP contribution >= 0.6 is 0 Å². The average Bonchev–Trinajstić information content (AvgIpc) is 2.38. The summed E-state index contributed by atoms with van der Waals surface area (Å²) >= 11 is 0. The van der Waals surface area contributed by atoms with E-state index in [-0.39, 0.29) is 17.8 Å². The van der Waals surface area contributed by atoms with Gasteiger partial charge < -0.3 is 15.4 Å². The molecule has 0 spiro atoms. The summed E-state index contributed by atoms with van der Waals surface area (Å²) in [6.07, 6.45) is 2.24. The fraction of sp³-hybridized carbons (Fsp3) is 0.600. The van der Waals surface area contributed by atoms with Gasteiger partial charge >= 0.3 is 0 Å². The highest BCUT2D eigenvalue weighted by Crippen LogP contribution is 2.28. The molecule has 0 bridgehead atoms. The van der Waals surface area contributed by atoms with Gasteiger partial charge in [-0.1, -0.05) is 0 Å². The maximum absolute atomic E-state index is 14.2. The van der Waals surface area contributed by atoms with Crippen LogP contribution in [0.25, 0.3) is 0 Å². The molecule has 20 heavy (non-hydrogen) atoms. The van der Waals surface area contributed by atoms with E-state index in [0.717, 1.165) is 12.8 Å². The lowest BCUT2D eigenvalue weighted by Crippen LogP contribution is -2.37. The van der Waals surface area contributed by atoms with Gasteiger partial charge in [-0.2, -0.15) is 0 Å². The Kier molecular flexibility index (Phi) is 4.94. The van der Waals surface area contributed by atoms with Gasteiger partial charge in [0.25, 0.3) is 0 Å². The van der Waals surface area contributed by atoms with Crippen LogP contribution in [0.1, 0.15) is 25.3 Å². The van der Waals surface area contributed by atoms with Crippen LogP contribution in [0.2, 0.25) is 0 Å². The van der Waals surface area contributed by atoms with E-state index in [2.05, 4.69) is 0 Å². The average molecular weight is 284 g/mol. The summed E-state index contributed by atoms with van der Waals surface area (Å²) in [5.41, 5.74) is 6.35. The molecule has 2 rings (SSSR count). The van der Waals surface area contributed by atoms with E-state index < -0.39 is 11.6 Å². The predicted octanol–water partition coefficient (Wildman–Crippen LogP) is 2.47. The molecule has 0 aromatic heterocycles. The molecule has 2 N–H and O–H groups in total. The number of benzene rings is 1. The first kappa shape index (κ1) is 15.2. The maximum Gasteiger partial charge on any atom is 0.149 e. The molecule has 0 saturated carbocycles. The Morgan fingerprint density at radius 1 is 1.30 bits per heavy atom. The Morgan fingerprint density at radius 2 is 1.85 bits per heavy atom. The number of rotatable bonds is 4. The summed E-state index contributed by atoms with van der Waals surface area (Å²) in [5, 5.41) is 0. The van der Waals surface area contributed by atoms with E-state index in [1.807, 2.05) is 6.92 Å². The summed E-state index contributed by atoms with van der Waals surface area (Å²) in [4.78, 5) is 1.76. The highest BCUT2D eigenvalue weighted by Gasteiger charge is 2.24. The fourth-order valence-corrected chi connectivity index (χ4v) is 2.72. The second-order valence-electron chi connectivity index (χ2n) is 5.51. The molecule has 0 aliphatic carbocycles. The largest absolute Gasteiger partial charge is 0.381 e. The van der Waals surface area contributed by atoms with E-state index in [9.17, 15) is 8.78 Å². The minimum atomic E-state index is -0.503. The number of hydrogen-bond donors (Lipinski definition) is 1. The van der Waals surface area contributed by atoms with Crippen molar-refractivity contribution in [3.8, 4) is 0 Å². The van der Waals surface area contributed by atoms with Crippen LogP contribution in [-0.4, -0.2) is 32.3 Å². The molecule has 0 radical (unpaired) electrons. The standard InChI is InChI=1S/C15H22F2N2O/c1-10(18)7-11-8-13(16)15(14(17)9-11)19-5-3-12(20-2)4-6-19/h8-10,12H,3-7,18H2,1-2H3. The Hall–Kier alpha value is -1.20. The number of anilines is 1. The van der Waals surface area contributed by atoms with Crippen molar-refractivity contribution in [2.45, 2.75) is 38.3 Å². The molecule has 1 aliphatic rings. The van der Waals surface area contributed by atoms with Gasteiger partial charge in [0.1, 0.15) is 17.3 Å². The van der Waals surface area contributed by atoms with Crippen LogP contribution in [0.5, 0.6) is 0 Å². The molecule has 1 unspecified atom stereocenters. The highest BCUT2D eigenvalue weighted by atomic mass is 19.1. The maximum atomic E-state index is 14.2. The van der Waals surface area contributed by atoms with Crippen molar-refractivity contribution in [3.05, 3.63) is 29.3 Å². The Balaban J connectivity index is 2.16. The summed E-state index contributed by atoms with van der Waals surface area (Å²) < 4.78 is 33.6. The number of ether oxygens (including phenoxy) is 1. The summed E-state index contributed by atoms with van der Waals surface area (Å²) in [6.45, 7) is 3.04. The molecule has 3 nitrogen and oxygen atoms in total. The van der Waals surface area contributed by atoms with Gasteiger partial charge in [0.2, 0.25) is 0 Å². The second kappa shape index (κ2) is 6.50. The molecule has 1 aromatic carbocycles. The number of methoxy groups -OCH3 is 1. The molecular formula is C15H22F2N2O. The van der Waals surface area contributed by atoms with E-state index in [1.54, 1.807) is 12.0 Å². The number of halogens is 2. The van der Waals surface area contributed by atoms with Crippen molar-refractivity contribution < 1.29 is 13.5 Å². The molecule has 0 amide bonds. The quantitative estimate of drug-likeness (QED) is 0.923. The van der Waals surface area contributed by atoms with Gasteiger partial charge in [0, 0.05) is 26.2 Å².